The number of carbonyl (C=O) groups excluding carboxylic acids is 2. The van der Waals surface area contributed by atoms with Gasteiger partial charge in [0.15, 0.2) is 18.1 Å². The van der Waals surface area contributed by atoms with Crippen molar-refractivity contribution in [3.05, 3.63) is 53.7 Å². The van der Waals surface area contributed by atoms with Crippen molar-refractivity contribution < 1.29 is 28.5 Å². The van der Waals surface area contributed by atoms with Crippen LogP contribution in [0.5, 0.6) is 17.2 Å². The van der Waals surface area contributed by atoms with Crippen LogP contribution in [0.25, 0.3) is 10.9 Å². The quantitative estimate of drug-likeness (QED) is 0.573. The summed E-state index contributed by atoms with van der Waals surface area (Å²) in [5.41, 5.74) is 2.03. The second-order valence-electron chi connectivity index (χ2n) is 6.54. The Morgan fingerprint density at radius 1 is 0.967 bits per heavy atom. The molecular weight excluding hydrogens is 388 g/mol. The summed E-state index contributed by atoms with van der Waals surface area (Å²) in [6, 6.07) is 10.9. The molecule has 158 valence electrons. The number of amides is 1. The topological polar surface area (TPSA) is 88.0 Å². The number of methoxy groups -OCH3 is 3. The zero-order valence-corrected chi connectivity index (χ0v) is 17.4. The van der Waals surface area contributed by atoms with Crippen molar-refractivity contribution >= 4 is 22.8 Å². The van der Waals surface area contributed by atoms with Crippen LogP contribution in [0, 0.1) is 0 Å². The fourth-order valence-electron chi connectivity index (χ4n) is 3.19. The summed E-state index contributed by atoms with van der Waals surface area (Å²) in [7, 11) is 6.43. The largest absolute Gasteiger partial charge is 0.496 e. The summed E-state index contributed by atoms with van der Waals surface area (Å²) >= 11 is 0. The molecule has 2 aromatic carbocycles. The van der Waals surface area contributed by atoms with Crippen molar-refractivity contribution in [2.75, 3.05) is 27.9 Å². The predicted octanol–water partition coefficient (Wildman–Crippen LogP) is 2.68. The maximum atomic E-state index is 12.4. The Hall–Kier alpha value is -3.68. The van der Waals surface area contributed by atoms with E-state index in [1.165, 1.54) is 21.3 Å². The highest BCUT2D eigenvalue weighted by molar-refractivity contribution is 6.04. The molecule has 0 radical (unpaired) electrons. The molecule has 8 nitrogen and oxygen atoms in total. The van der Waals surface area contributed by atoms with Gasteiger partial charge in [-0.15, -0.1) is 0 Å². The number of aryl methyl sites for hydroxylation is 1. The molecule has 1 amide bonds. The van der Waals surface area contributed by atoms with Gasteiger partial charge in [0.05, 0.1) is 26.9 Å². The molecule has 1 aromatic heterocycles. The van der Waals surface area contributed by atoms with E-state index in [1.54, 1.807) is 18.3 Å². The Labute approximate surface area is 174 Å². The molecular formula is C22H24N2O6. The average Bonchev–Trinajstić information content (AvgIpc) is 3.12. The average molecular weight is 412 g/mol. The van der Waals surface area contributed by atoms with Crippen molar-refractivity contribution in [3.63, 3.8) is 0 Å². The molecule has 0 atom stereocenters. The third-order valence-electron chi connectivity index (χ3n) is 4.71. The van der Waals surface area contributed by atoms with Gasteiger partial charge < -0.3 is 28.8 Å². The predicted molar refractivity (Wildman–Crippen MR) is 111 cm³/mol. The van der Waals surface area contributed by atoms with Gasteiger partial charge in [-0.05, 0) is 12.1 Å². The number of hydrogen-bond acceptors (Lipinski definition) is 6. The first-order valence-electron chi connectivity index (χ1n) is 9.25. The number of para-hydroxylation sites is 1. The summed E-state index contributed by atoms with van der Waals surface area (Å²) in [4.78, 5) is 24.6. The number of hydrogen-bond donors (Lipinski definition) is 1. The summed E-state index contributed by atoms with van der Waals surface area (Å²) in [5.74, 6) is 0.602. The summed E-state index contributed by atoms with van der Waals surface area (Å²) in [6.07, 6.45) is 1.69. The number of esters is 1. The zero-order valence-electron chi connectivity index (χ0n) is 17.4. The normalized spacial score (nSPS) is 10.5. The molecule has 0 aliphatic heterocycles. The molecule has 1 heterocycles. The van der Waals surface area contributed by atoms with Crippen LogP contribution in [-0.2, 0) is 23.1 Å². The van der Waals surface area contributed by atoms with E-state index in [0.717, 1.165) is 10.9 Å². The van der Waals surface area contributed by atoms with E-state index in [4.69, 9.17) is 18.9 Å². The fraction of sp³-hybridized carbons (Fsp3) is 0.273. The van der Waals surface area contributed by atoms with Gasteiger partial charge in [0.2, 0.25) is 0 Å². The first-order valence-corrected chi connectivity index (χ1v) is 9.25. The highest BCUT2D eigenvalue weighted by Crippen LogP contribution is 2.34. The summed E-state index contributed by atoms with van der Waals surface area (Å²) in [6.45, 7) is -0.216. The summed E-state index contributed by atoms with van der Waals surface area (Å²) in [5, 5.41) is 3.49. The van der Waals surface area contributed by atoms with E-state index in [1.807, 2.05) is 35.9 Å². The molecule has 0 spiro atoms. The third-order valence-corrected chi connectivity index (χ3v) is 4.71. The Balaban J connectivity index is 1.62. The molecule has 3 rings (SSSR count). The number of benzene rings is 2. The second kappa shape index (κ2) is 9.21. The van der Waals surface area contributed by atoms with Crippen LogP contribution >= 0.6 is 0 Å². The lowest BCUT2D eigenvalue weighted by atomic mass is 10.1. The molecule has 0 aliphatic carbocycles. The molecule has 0 bridgehead atoms. The van der Waals surface area contributed by atoms with Gasteiger partial charge >= 0.3 is 5.97 Å². The fourth-order valence-corrected chi connectivity index (χ4v) is 3.19. The minimum atomic E-state index is -0.550. The van der Waals surface area contributed by atoms with Crippen LogP contribution in [0.1, 0.15) is 15.9 Å². The number of aromatic nitrogens is 1. The Kier molecular flexibility index (Phi) is 6.46. The van der Waals surface area contributed by atoms with Crippen molar-refractivity contribution in [2.24, 2.45) is 7.05 Å². The molecule has 8 heteroatoms. The zero-order chi connectivity index (χ0) is 21.7. The Morgan fingerprint density at radius 3 is 2.33 bits per heavy atom. The number of fused-ring (bicyclic) bond motifs is 1. The van der Waals surface area contributed by atoms with Gasteiger partial charge in [0.1, 0.15) is 5.75 Å². The molecule has 0 unspecified atom stereocenters. The van der Waals surface area contributed by atoms with Crippen LogP contribution < -0.4 is 19.5 Å². The standard InChI is InChI=1S/C22H24N2O6/c1-24-12-16(15-7-5-6-8-17(15)24)22(26)30-13-21(25)23-11-14-9-19(28-3)20(29-4)10-18(14)27-2/h5-10,12H,11,13H2,1-4H3,(H,23,25). The van der Waals surface area contributed by atoms with E-state index in [9.17, 15) is 9.59 Å². The van der Waals surface area contributed by atoms with Gasteiger partial charge in [-0.25, -0.2) is 4.79 Å². The second-order valence-corrected chi connectivity index (χ2v) is 6.54. The number of nitrogens with zero attached hydrogens (tertiary/aromatic N) is 1. The van der Waals surface area contributed by atoms with E-state index in [2.05, 4.69) is 5.32 Å². The molecule has 1 N–H and O–H groups in total. The van der Waals surface area contributed by atoms with Gasteiger partial charge in [-0.3, -0.25) is 4.79 Å². The molecule has 0 saturated carbocycles. The van der Waals surface area contributed by atoms with Crippen LogP contribution in [0.3, 0.4) is 0 Å². The minimum absolute atomic E-state index is 0.175. The Morgan fingerprint density at radius 2 is 1.63 bits per heavy atom. The van der Waals surface area contributed by atoms with Gasteiger partial charge in [-0.1, -0.05) is 18.2 Å². The smallest absolute Gasteiger partial charge is 0.340 e. The van der Waals surface area contributed by atoms with Crippen LogP contribution in [0.15, 0.2) is 42.6 Å². The van der Waals surface area contributed by atoms with E-state index in [0.29, 0.717) is 28.4 Å². The van der Waals surface area contributed by atoms with Crippen molar-refractivity contribution in [3.8, 4) is 17.2 Å². The molecule has 3 aromatic rings. The SMILES string of the molecule is COc1cc(OC)c(OC)cc1CNC(=O)COC(=O)c1cn(C)c2ccccc12. The van der Waals surface area contributed by atoms with E-state index in [-0.39, 0.29) is 6.54 Å². The third kappa shape index (κ3) is 4.32. The monoisotopic (exact) mass is 412 g/mol. The lowest BCUT2D eigenvalue weighted by Gasteiger charge is -2.14. The number of ether oxygens (including phenoxy) is 4. The molecule has 30 heavy (non-hydrogen) atoms. The van der Waals surface area contributed by atoms with Crippen LogP contribution in [-0.4, -0.2) is 44.4 Å². The maximum absolute atomic E-state index is 12.4. The van der Waals surface area contributed by atoms with Crippen molar-refractivity contribution in [1.29, 1.82) is 0 Å². The summed E-state index contributed by atoms with van der Waals surface area (Å²) < 4.78 is 22.9. The highest BCUT2D eigenvalue weighted by atomic mass is 16.5. The lowest BCUT2D eigenvalue weighted by Crippen LogP contribution is -2.28. The maximum Gasteiger partial charge on any atom is 0.340 e. The first kappa shape index (κ1) is 21.0. The number of nitrogens with one attached hydrogen (secondary N) is 1. The van der Waals surface area contributed by atoms with Gasteiger partial charge in [0, 0.05) is 42.3 Å². The van der Waals surface area contributed by atoms with Crippen LogP contribution in [0.2, 0.25) is 0 Å². The highest BCUT2D eigenvalue weighted by Gasteiger charge is 2.17. The van der Waals surface area contributed by atoms with Gasteiger partial charge in [-0.2, -0.15) is 0 Å². The Bertz CT molecular complexity index is 1070. The molecule has 0 fully saturated rings. The number of carbonyl (C=O) groups is 2. The van der Waals surface area contributed by atoms with Crippen LogP contribution in [0.4, 0.5) is 0 Å². The first-order chi connectivity index (χ1) is 14.5. The van der Waals surface area contributed by atoms with Gasteiger partial charge in [0.25, 0.3) is 5.91 Å². The lowest BCUT2D eigenvalue weighted by molar-refractivity contribution is -0.124. The number of rotatable bonds is 8. The van der Waals surface area contributed by atoms with E-state index < -0.39 is 18.5 Å². The van der Waals surface area contributed by atoms with E-state index >= 15 is 0 Å². The molecule has 0 saturated heterocycles. The molecule has 0 aliphatic rings. The van der Waals surface area contributed by atoms with Crippen molar-refractivity contribution in [1.82, 2.24) is 9.88 Å². The van der Waals surface area contributed by atoms with Crippen molar-refractivity contribution in [2.45, 2.75) is 6.54 Å². The minimum Gasteiger partial charge on any atom is -0.496 e.